The van der Waals surface area contributed by atoms with Crippen LogP contribution >= 0.6 is 0 Å². The fraction of sp³-hybridized carbons (Fsp3) is 0.318. The number of benzene rings is 2. The summed E-state index contributed by atoms with van der Waals surface area (Å²) < 4.78 is 11.3. The molecule has 3 aromatic rings. The molecule has 1 aliphatic rings. The van der Waals surface area contributed by atoms with Gasteiger partial charge in [0.2, 0.25) is 11.8 Å². The molecular weight excluding hydrogens is 370 g/mol. The number of hydrogen-bond donors (Lipinski definition) is 1. The number of carbonyl (C=O) groups is 2. The number of ether oxygens (including phenoxy) is 1. The Balaban J connectivity index is 1.69. The first-order chi connectivity index (χ1) is 14.0. The van der Waals surface area contributed by atoms with Gasteiger partial charge in [0.25, 0.3) is 5.91 Å². The third-order valence-corrected chi connectivity index (χ3v) is 5.81. The van der Waals surface area contributed by atoms with Crippen molar-refractivity contribution < 1.29 is 18.7 Å². The van der Waals surface area contributed by atoms with Crippen LogP contribution in [0.25, 0.3) is 22.6 Å². The highest BCUT2D eigenvalue weighted by Gasteiger charge is 2.45. The lowest BCUT2D eigenvalue weighted by Gasteiger charge is -2.36. The van der Waals surface area contributed by atoms with E-state index in [1.54, 1.807) is 25.2 Å². The number of amides is 2. The number of methoxy groups -OCH3 is 1. The fourth-order valence-corrected chi connectivity index (χ4v) is 4.08. The average molecular weight is 393 g/mol. The van der Waals surface area contributed by atoms with Crippen molar-refractivity contribution in [3.63, 3.8) is 0 Å². The van der Waals surface area contributed by atoms with E-state index in [2.05, 4.69) is 4.98 Å². The number of carbonyl (C=O) groups excluding carboxylic acids is 2. The Bertz CT molecular complexity index is 1050. The van der Waals surface area contributed by atoms with Gasteiger partial charge >= 0.3 is 0 Å². The molecule has 0 spiro atoms. The van der Waals surface area contributed by atoms with Crippen LogP contribution in [-0.2, 0) is 4.79 Å². The molecule has 0 aliphatic heterocycles. The lowest BCUT2D eigenvalue weighted by atomic mass is 9.93. The van der Waals surface area contributed by atoms with Crippen molar-refractivity contribution in [1.29, 1.82) is 0 Å². The summed E-state index contributed by atoms with van der Waals surface area (Å²) in [5.74, 6) is 0.157. The summed E-state index contributed by atoms with van der Waals surface area (Å²) in [5.41, 5.74) is 7.22. The molecule has 1 saturated carbocycles. The summed E-state index contributed by atoms with van der Waals surface area (Å²) in [6.07, 6.45) is 2.92. The minimum atomic E-state index is -0.927. The highest BCUT2D eigenvalue weighted by Crippen LogP contribution is 2.37. The molecule has 2 aromatic carbocycles. The van der Waals surface area contributed by atoms with E-state index < -0.39 is 11.4 Å². The molecule has 1 aromatic heterocycles. The van der Waals surface area contributed by atoms with Gasteiger partial charge in [-0.2, -0.15) is 0 Å². The first-order valence-corrected chi connectivity index (χ1v) is 9.58. The Hall–Kier alpha value is -3.35. The van der Waals surface area contributed by atoms with E-state index in [0.717, 1.165) is 18.4 Å². The van der Waals surface area contributed by atoms with Crippen LogP contribution in [0, 0.1) is 0 Å². The molecule has 7 heteroatoms. The summed E-state index contributed by atoms with van der Waals surface area (Å²) in [7, 11) is 3.17. The number of oxazole rings is 1. The number of nitrogens with two attached hydrogens (primary N) is 1. The van der Waals surface area contributed by atoms with Gasteiger partial charge in [0, 0.05) is 12.6 Å². The maximum absolute atomic E-state index is 13.1. The average Bonchev–Trinajstić information content (AvgIpc) is 3.40. The van der Waals surface area contributed by atoms with Crippen molar-refractivity contribution in [1.82, 2.24) is 9.88 Å². The van der Waals surface area contributed by atoms with Crippen molar-refractivity contribution >= 4 is 22.9 Å². The van der Waals surface area contributed by atoms with Crippen LogP contribution in [-0.4, -0.2) is 41.4 Å². The first-order valence-electron chi connectivity index (χ1n) is 9.58. The Morgan fingerprint density at radius 3 is 2.55 bits per heavy atom. The molecule has 29 heavy (non-hydrogen) atoms. The van der Waals surface area contributed by atoms with Crippen molar-refractivity contribution in [2.45, 2.75) is 31.2 Å². The Morgan fingerprint density at radius 2 is 1.90 bits per heavy atom. The standard InChI is InChI=1S/C22H23N3O4/c1-25(22(21(23)27)11-5-6-12-22)20(26)14-9-10-15(18(13-14)28-2)19-24-16-7-3-4-8-17(16)29-19/h3-4,7-10,13H,5-6,11-12H2,1-2H3,(H2,23,27). The normalized spacial score (nSPS) is 15.4. The summed E-state index contributed by atoms with van der Waals surface area (Å²) in [6, 6.07) is 12.6. The Kier molecular flexibility index (Phi) is 4.74. The molecule has 2 amide bonds. The van der Waals surface area contributed by atoms with Crippen molar-refractivity contribution in [3.8, 4) is 17.2 Å². The predicted octanol–water partition coefficient (Wildman–Crippen LogP) is 3.37. The van der Waals surface area contributed by atoms with E-state index in [-0.39, 0.29) is 5.91 Å². The SMILES string of the molecule is COc1cc(C(=O)N(C)C2(C(N)=O)CCCC2)ccc1-c1nc2ccccc2o1. The zero-order valence-corrected chi connectivity index (χ0v) is 16.5. The van der Waals surface area contributed by atoms with Gasteiger partial charge in [-0.15, -0.1) is 0 Å². The lowest BCUT2D eigenvalue weighted by molar-refractivity contribution is -0.127. The second kappa shape index (κ2) is 7.24. The topological polar surface area (TPSA) is 98.7 Å². The second-order valence-corrected chi connectivity index (χ2v) is 7.37. The maximum atomic E-state index is 13.1. The van der Waals surface area contributed by atoms with Gasteiger partial charge in [-0.05, 0) is 43.2 Å². The predicted molar refractivity (Wildman–Crippen MR) is 108 cm³/mol. The fourth-order valence-electron chi connectivity index (χ4n) is 4.08. The van der Waals surface area contributed by atoms with E-state index in [0.29, 0.717) is 41.2 Å². The molecule has 1 fully saturated rings. The lowest BCUT2D eigenvalue weighted by Crippen LogP contribution is -2.56. The van der Waals surface area contributed by atoms with Crippen LogP contribution in [0.5, 0.6) is 5.75 Å². The van der Waals surface area contributed by atoms with E-state index in [1.807, 2.05) is 24.3 Å². The molecule has 150 valence electrons. The number of hydrogen-bond acceptors (Lipinski definition) is 5. The zero-order chi connectivity index (χ0) is 20.6. The third kappa shape index (κ3) is 3.12. The first kappa shape index (κ1) is 19.0. The van der Waals surface area contributed by atoms with Crippen molar-refractivity contribution in [2.24, 2.45) is 5.73 Å². The largest absolute Gasteiger partial charge is 0.496 e. The molecule has 7 nitrogen and oxygen atoms in total. The summed E-state index contributed by atoms with van der Waals surface area (Å²) in [4.78, 5) is 31.2. The molecule has 2 N–H and O–H groups in total. The Morgan fingerprint density at radius 1 is 1.17 bits per heavy atom. The minimum Gasteiger partial charge on any atom is -0.496 e. The van der Waals surface area contributed by atoms with Crippen LogP contribution in [0.1, 0.15) is 36.0 Å². The van der Waals surface area contributed by atoms with Crippen LogP contribution < -0.4 is 10.5 Å². The monoisotopic (exact) mass is 393 g/mol. The molecule has 1 heterocycles. The van der Waals surface area contributed by atoms with Gasteiger partial charge in [-0.25, -0.2) is 4.98 Å². The van der Waals surface area contributed by atoms with E-state index >= 15 is 0 Å². The molecule has 4 rings (SSSR count). The smallest absolute Gasteiger partial charge is 0.254 e. The maximum Gasteiger partial charge on any atom is 0.254 e. The van der Waals surface area contributed by atoms with Crippen LogP contribution in [0.15, 0.2) is 46.9 Å². The summed E-state index contributed by atoms with van der Waals surface area (Å²) >= 11 is 0. The van der Waals surface area contributed by atoms with Crippen LogP contribution in [0.4, 0.5) is 0 Å². The van der Waals surface area contributed by atoms with E-state index in [1.165, 1.54) is 12.0 Å². The van der Waals surface area contributed by atoms with Gasteiger partial charge in [0.1, 0.15) is 16.8 Å². The molecule has 0 atom stereocenters. The number of likely N-dealkylation sites (N-methyl/N-ethyl adjacent to an activating group) is 1. The molecule has 0 saturated heterocycles. The van der Waals surface area contributed by atoms with Gasteiger partial charge in [0.05, 0.1) is 12.7 Å². The quantitative estimate of drug-likeness (QED) is 0.716. The number of para-hydroxylation sites is 2. The van der Waals surface area contributed by atoms with Crippen LogP contribution in [0.3, 0.4) is 0 Å². The van der Waals surface area contributed by atoms with Crippen molar-refractivity contribution in [3.05, 3.63) is 48.0 Å². The molecule has 0 bridgehead atoms. The highest BCUT2D eigenvalue weighted by molar-refractivity contribution is 5.99. The minimum absolute atomic E-state index is 0.270. The molecule has 0 radical (unpaired) electrons. The van der Waals surface area contributed by atoms with Gasteiger partial charge in [-0.3, -0.25) is 9.59 Å². The van der Waals surface area contributed by atoms with Crippen LogP contribution in [0.2, 0.25) is 0 Å². The van der Waals surface area contributed by atoms with E-state index in [4.69, 9.17) is 14.9 Å². The number of nitrogens with zero attached hydrogens (tertiary/aromatic N) is 2. The van der Waals surface area contributed by atoms with Gasteiger partial charge in [0.15, 0.2) is 5.58 Å². The molecule has 0 unspecified atom stereocenters. The van der Waals surface area contributed by atoms with E-state index in [9.17, 15) is 9.59 Å². The third-order valence-electron chi connectivity index (χ3n) is 5.81. The number of rotatable bonds is 5. The second-order valence-electron chi connectivity index (χ2n) is 7.37. The summed E-state index contributed by atoms with van der Waals surface area (Å²) in [6.45, 7) is 0. The highest BCUT2D eigenvalue weighted by atomic mass is 16.5. The molecule has 1 aliphatic carbocycles. The van der Waals surface area contributed by atoms with Gasteiger partial charge < -0.3 is 19.8 Å². The molecular formula is C22H23N3O4. The number of fused-ring (bicyclic) bond motifs is 1. The zero-order valence-electron chi connectivity index (χ0n) is 16.5. The summed E-state index contributed by atoms with van der Waals surface area (Å²) in [5, 5.41) is 0. The van der Waals surface area contributed by atoms with Crippen molar-refractivity contribution in [2.75, 3.05) is 14.2 Å². The number of aromatic nitrogens is 1. The van der Waals surface area contributed by atoms with Gasteiger partial charge in [-0.1, -0.05) is 25.0 Å². The Labute approximate surface area is 168 Å². The number of primary amides is 1.